The van der Waals surface area contributed by atoms with Gasteiger partial charge in [0.25, 0.3) is 0 Å². The van der Waals surface area contributed by atoms with Crippen LogP contribution in [0.15, 0.2) is 12.1 Å². The largest absolute Gasteiger partial charge is 0.478 e. The molecule has 1 aromatic rings. The monoisotopic (exact) mass is 271 g/mol. The molecule has 0 atom stereocenters. The number of pyridine rings is 1. The van der Waals surface area contributed by atoms with Crippen LogP contribution < -0.4 is 4.74 Å². The molecule has 0 aromatic carbocycles. The maximum absolute atomic E-state index is 5.85. The summed E-state index contributed by atoms with van der Waals surface area (Å²) in [5.41, 5.74) is 1.89. The Kier molecular flexibility index (Phi) is 5.89. The fourth-order valence-corrected chi connectivity index (χ4v) is 1.61. The van der Waals surface area contributed by atoms with Crippen molar-refractivity contribution in [3.63, 3.8) is 0 Å². The van der Waals surface area contributed by atoms with Gasteiger partial charge in [0, 0.05) is 31.2 Å². The highest BCUT2D eigenvalue weighted by Gasteiger charge is 2.16. The first-order valence-electron chi connectivity index (χ1n) is 6.24. The van der Waals surface area contributed by atoms with Gasteiger partial charge in [0.2, 0.25) is 5.88 Å². The van der Waals surface area contributed by atoms with Crippen LogP contribution in [-0.4, -0.2) is 24.3 Å². The van der Waals surface area contributed by atoms with Gasteiger partial charge in [0.05, 0.1) is 12.2 Å². The zero-order valence-electron chi connectivity index (χ0n) is 11.6. The van der Waals surface area contributed by atoms with Gasteiger partial charge in [0.1, 0.15) is 0 Å². The highest BCUT2D eigenvalue weighted by molar-refractivity contribution is 6.17. The molecule has 3 nitrogen and oxygen atoms in total. The van der Waals surface area contributed by atoms with Gasteiger partial charge < -0.3 is 9.47 Å². The van der Waals surface area contributed by atoms with Gasteiger partial charge in [-0.25, -0.2) is 4.98 Å². The summed E-state index contributed by atoms with van der Waals surface area (Å²) in [6.07, 6.45) is 1.70. The summed E-state index contributed by atoms with van der Waals surface area (Å²) < 4.78 is 11.0. The molecule has 102 valence electrons. The molecule has 0 saturated carbocycles. The highest BCUT2D eigenvalue weighted by Crippen LogP contribution is 2.17. The molecular formula is C14H22ClNO2. The number of aromatic nitrogens is 1. The Hall–Kier alpha value is -0.800. The lowest BCUT2D eigenvalue weighted by Gasteiger charge is -2.22. The Balaban J connectivity index is 2.61. The maximum atomic E-state index is 5.85. The average molecular weight is 272 g/mol. The summed E-state index contributed by atoms with van der Waals surface area (Å²) in [6.45, 7) is 6.73. The second-order valence-electron chi connectivity index (χ2n) is 4.85. The van der Waals surface area contributed by atoms with E-state index in [0.29, 0.717) is 18.4 Å². The summed E-state index contributed by atoms with van der Waals surface area (Å²) in [5.74, 6) is 1.13. The van der Waals surface area contributed by atoms with Gasteiger partial charge >= 0.3 is 0 Å². The molecule has 0 N–H and O–H groups in total. The third-order valence-electron chi connectivity index (χ3n) is 2.94. The smallest absolute Gasteiger partial charge is 0.213 e. The standard InChI is InChI=1S/C14H22ClNO2/c1-5-12-8-11(10-15)9-13(16-12)18-7-6-14(2,3)17-4/h8-9H,5-7,10H2,1-4H3. The number of halogens is 1. The van der Waals surface area contributed by atoms with Crippen molar-refractivity contribution in [3.05, 3.63) is 23.4 Å². The van der Waals surface area contributed by atoms with Crippen LogP contribution in [0.2, 0.25) is 0 Å². The number of hydrogen-bond donors (Lipinski definition) is 0. The molecule has 0 aliphatic rings. The molecule has 0 aliphatic heterocycles. The Morgan fingerprint density at radius 2 is 2.06 bits per heavy atom. The average Bonchev–Trinajstić information content (AvgIpc) is 2.38. The Morgan fingerprint density at radius 3 is 2.61 bits per heavy atom. The predicted molar refractivity (Wildman–Crippen MR) is 74.4 cm³/mol. The minimum Gasteiger partial charge on any atom is -0.478 e. The zero-order chi connectivity index (χ0) is 13.6. The van der Waals surface area contributed by atoms with E-state index in [-0.39, 0.29) is 5.60 Å². The molecule has 1 rings (SSSR count). The van der Waals surface area contributed by atoms with Gasteiger partial charge in [-0.2, -0.15) is 0 Å². The molecule has 0 spiro atoms. The number of alkyl halides is 1. The van der Waals surface area contributed by atoms with Gasteiger partial charge in [-0.3, -0.25) is 0 Å². The molecule has 0 unspecified atom stereocenters. The number of ether oxygens (including phenoxy) is 2. The molecule has 1 heterocycles. The number of nitrogens with zero attached hydrogens (tertiary/aromatic N) is 1. The third kappa shape index (κ3) is 4.83. The van der Waals surface area contributed by atoms with Gasteiger partial charge in [-0.05, 0) is 31.9 Å². The van der Waals surface area contributed by atoms with E-state index in [1.165, 1.54) is 0 Å². The second kappa shape index (κ2) is 6.95. The minimum atomic E-state index is -0.169. The third-order valence-corrected chi connectivity index (χ3v) is 3.25. The van der Waals surface area contributed by atoms with Crippen molar-refractivity contribution in [2.75, 3.05) is 13.7 Å². The fourth-order valence-electron chi connectivity index (χ4n) is 1.46. The van der Waals surface area contributed by atoms with E-state index in [1.807, 2.05) is 26.0 Å². The van der Waals surface area contributed by atoms with Crippen molar-refractivity contribution in [1.29, 1.82) is 0 Å². The minimum absolute atomic E-state index is 0.169. The van der Waals surface area contributed by atoms with E-state index in [1.54, 1.807) is 7.11 Å². The zero-order valence-corrected chi connectivity index (χ0v) is 12.4. The molecule has 0 saturated heterocycles. The lowest BCUT2D eigenvalue weighted by atomic mass is 10.1. The van der Waals surface area contributed by atoms with Crippen molar-refractivity contribution in [2.24, 2.45) is 0 Å². The number of methoxy groups -OCH3 is 1. The molecule has 4 heteroatoms. The predicted octanol–water partition coefficient (Wildman–Crippen LogP) is 3.58. The van der Waals surface area contributed by atoms with E-state index in [9.17, 15) is 0 Å². The van der Waals surface area contributed by atoms with E-state index >= 15 is 0 Å². The van der Waals surface area contributed by atoms with E-state index in [4.69, 9.17) is 21.1 Å². The molecular weight excluding hydrogens is 250 g/mol. The van der Waals surface area contributed by atoms with E-state index in [2.05, 4.69) is 11.9 Å². The topological polar surface area (TPSA) is 31.4 Å². The van der Waals surface area contributed by atoms with Crippen LogP contribution >= 0.6 is 11.6 Å². The van der Waals surface area contributed by atoms with Crippen LogP contribution in [-0.2, 0) is 17.0 Å². The summed E-state index contributed by atoms with van der Waals surface area (Å²) >= 11 is 5.85. The lowest BCUT2D eigenvalue weighted by Crippen LogP contribution is -2.25. The van der Waals surface area contributed by atoms with Crippen molar-refractivity contribution in [3.8, 4) is 5.88 Å². The Bertz CT molecular complexity index is 358. The van der Waals surface area contributed by atoms with Crippen LogP contribution in [0.5, 0.6) is 5.88 Å². The van der Waals surface area contributed by atoms with Crippen molar-refractivity contribution in [2.45, 2.75) is 45.1 Å². The van der Waals surface area contributed by atoms with Crippen LogP contribution in [0.3, 0.4) is 0 Å². The molecule has 0 radical (unpaired) electrons. The first-order chi connectivity index (χ1) is 8.50. The Morgan fingerprint density at radius 1 is 1.33 bits per heavy atom. The van der Waals surface area contributed by atoms with Crippen molar-refractivity contribution in [1.82, 2.24) is 4.98 Å². The quantitative estimate of drug-likeness (QED) is 0.711. The van der Waals surface area contributed by atoms with Gasteiger partial charge in [-0.1, -0.05) is 6.92 Å². The van der Waals surface area contributed by atoms with Crippen molar-refractivity contribution < 1.29 is 9.47 Å². The fraction of sp³-hybridized carbons (Fsp3) is 0.643. The van der Waals surface area contributed by atoms with E-state index in [0.717, 1.165) is 24.1 Å². The molecule has 0 fully saturated rings. The summed E-state index contributed by atoms with van der Waals surface area (Å²) in [7, 11) is 1.71. The Labute approximate surface area is 114 Å². The van der Waals surface area contributed by atoms with E-state index < -0.39 is 0 Å². The van der Waals surface area contributed by atoms with Crippen molar-refractivity contribution >= 4 is 11.6 Å². The molecule has 0 aliphatic carbocycles. The molecule has 18 heavy (non-hydrogen) atoms. The van der Waals surface area contributed by atoms with Gasteiger partial charge in [-0.15, -0.1) is 11.6 Å². The summed E-state index contributed by atoms with van der Waals surface area (Å²) in [6, 6.07) is 3.91. The molecule has 1 aromatic heterocycles. The second-order valence-corrected chi connectivity index (χ2v) is 5.12. The number of rotatable bonds is 7. The SMILES string of the molecule is CCc1cc(CCl)cc(OCCC(C)(C)OC)n1. The summed E-state index contributed by atoms with van der Waals surface area (Å²) in [5, 5.41) is 0. The maximum Gasteiger partial charge on any atom is 0.213 e. The highest BCUT2D eigenvalue weighted by atomic mass is 35.5. The normalized spacial score (nSPS) is 11.6. The first kappa shape index (κ1) is 15.3. The van der Waals surface area contributed by atoms with Crippen LogP contribution in [0.25, 0.3) is 0 Å². The van der Waals surface area contributed by atoms with Crippen LogP contribution in [0.4, 0.5) is 0 Å². The molecule has 0 amide bonds. The lowest BCUT2D eigenvalue weighted by molar-refractivity contribution is 0.00507. The first-order valence-corrected chi connectivity index (χ1v) is 6.78. The summed E-state index contributed by atoms with van der Waals surface area (Å²) in [4.78, 5) is 4.42. The molecule has 0 bridgehead atoms. The van der Waals surface area contributed by atoms with Gasteiger partial charge in [0.15, 0.2) is 0 Å². The number of aryl methyl sites for hydroxylation is 1. The van der Waals surface area contributed by atoms with Crippen LogP contribution in [0.1, 0.15) is 38.4 Å². The number of hydrogen-bond acceptors (Lipinski definition) is 3. The van der Waals surface area contributed by atoms with Crippen LogP contribution in [0, 0.1) is 0 Å².